The van der Waals surface area contributed by atoms with Crippen molar-refractivity contribution in [3.05, 3.63) is 0 Å². The third kappa shape index (κ3) is 4.25. The highest BCUT2D eigenvalue weighted by atomic mass is 32.1. The second kappa shape index (κ2) is 4.02. The summed E-state index contributed by atoms with van der Waals surface area (Å²) in [5, 5.41) is 0. The van der Waals surface area contributed by atoms with Crippen molar-refractivity contribution in [3.63, 3.8) is 0 Å². The molecule has 0 nitrogen and oxygen atoms in total. The topological polar surface area (TPSA) is 0 Å². The number of hydrogen-bond acceptors (Lipinski definition) is 1. The van der Waals surface area contributed by atoms with Crippen molar-refractivity contribution in [1.82, 2.24) is 0 Å². The van der Waals surface area contributed by atoms with E-state index in [4.69, 9.17) is 12.2 Å². The molecule has 0 aromatic rings. The Morgan fingerprint density at radius 1 is 1.50 bits per heavy atom. The molecule has 0 bridgehead atoms. The van der Waals surface area contributed by atoms with Gasteiger partial charge < -0.3 is 0 Å². The molecule has 0 atom stereocenters. The zero-order valence-electron chi connectivity index (χ0n) is 5.90. The first-order chi connectivity index (χ1) is 3.66. The molecule has 0 radical (unpaired) electrons. The highest BCUT2D eigenvalue weighted by Crippen LogP contribution is 2.03. The van der Waals surface area contributed by atoms with Gasteiger partial charge in [0.15, 0.2) is 0 Å². The van der Waals surface area contributed by atoms with Gasteiger partial charge in [0.1, 0.15) is 0 Å². The maximum absolute atomic E-state index is 5.03. The first-order valence-electron chi connectivity index (χ1n) is 3.18. The average Bonchev–Trinajstić information content (AvgIpc) is 1.65. The molecule has 0 saturated carbocycles. The van der Waals surface area contributed by atoms with Gasteiger partial charge in [0, 0.05) is 0 Å². The van der Waals surface area contributed by atoms with E-state index in [1.807, 2.05) is 0 Å². The summed E-state index contributed by atoms with van der Waals surface area (Å²) < 4.78 is 0. The number of thiocarbonyl (C=S) groups is 1. The van der Waals surface area contributed by atoms with Crippen molar-refractivity contribution < 1.29 is 0 Å². The van der Waals surface area contributed by atoms with Crippen LogP contribution in [0.3, 0.4) is 0 Å². The fourth-order valence-electron chi connectivity index (χ4n) is 0.600. The fourth-order valence-corrected chi connectivity index (χ4v) is 0.933. The van der Waals surface area contributed by atoms with Crippen LogP contribution in [0.25, 0.3) is 0 Å². The van der Waals surface area contributed by atoms with Gasteiger partial charge in [-0.1, -0.05) is 33.0 Å². The summed E-state index contributed by atoms with van der Waals surface area (Å²) in [6, 6.07) is 0. The quantitative estimate of drug-likeness (QED) is 0.529. The van der Waals surface area contributed by atoms with Crippen LogP contribution in [0.5, 0.6) is 0 Å². The first-order valence-corrected chi connectivity index (χ1v) is 3.59. The van der Waals surface area contributed by atoms with E-state index in [0.717, 1.165) is 18.8 Å². The predicted octanol–water partition coefficient (Wildman–Crippen LogP) is 2.81. The Morgan fingerprint density at radius 2 is 2.00 bits per heavy atom. The van der Waals surface area contributed by atoms with Crippen LogP contribution >= 0.6 is 12.2 Å². The normalized spacial score (nSPS) is 10.0. The van der Waals surface area contributed by atoms with Crippen molar-refractivity contribution in [2.45, 2.75) is 33.6 Å². The smallest absolute Gasteiger partial charge is 0.00717 e. The molecule has 0 heterocycles. The maximum Gasteiger partial charge on any atom is -0.00717 e. The van der Waals surface area contributed by atoms with Gasteiger partial charge >= 0.3 is 0 Å². The van der Waals surface area contributed by atoms with Gasteiger partial charge in [-0.2, -0.15) is 0 Å². The molecule has 0 aromatic carbocycles. The predicted molar refractivity (Wildman–Crippen MR) is 42.3 cm³/mol. The molecule has 0 aliphatic rings. The van der Waals surface area contributed by atoms with E-state index in [0.29, 0.717) is 0 Å². The summed E-state index contributed by atoms with van der Waals surface area (Å²) in [5.74, 6) is 0.738. The zero-order valence-corrected chi connectivity index (χ0v) is 6.72. The van der Waals surface area contributed by atoms with Gasteiger partial charge in [-0.05, 0) is 23.6 Å². The standard InChI is InChI=1S/C7H14S/c1-4-7(8)5-6(2)3/h6H,4-5H2,1-3H3. The van der Waals surface area contributed by atoms with Crippen molar-refractivity contribution in [3.8, 4) is 0 Å². The SMILES string of the molecule is CCC(=S)CC(C)C. The van der Waals surface area contributed by atoms with Crippen LogP contribution in [0.15, 0.2) is 0 Å². The van der Waals surface area contributed by atoms with Crippen LogP contribution in [0.2, 0.25) is 0 Å². The Labute approximate surface area is 57.3 Å². The second-order valence-electron chi connectivity index (χ2n) is 2.49. The van der Waals surface area contributed by atoms with Crippen LogP contribution in [0.1, 0.15) is 33.6 Å². The molecule has 0 aromatic heterocycles. The van der Waals surface area contributed by atoms with Gasteiger partial charge in [-0.25, -0.2) is 0 Å². The summed E-state index contributed by atoms with van der Waals surface area (Å²) in [4.78, 5) is 1.21. The minimum atomic E-state index is 0.738. The summed E-state index contributed by atoms with van der Waals surface area (Å²) in [7, 11) is 0. The molecule has 8 heavy (non-hydrogen) atoms. The summed E-state index contributed by atoms with van der Waals surface area (Å²) in [6.07, 6.45) is 2.18. The van der Waals surface area contributed by atoms with Gasteiger partial charge in [0.25, 0.3) is 0 Å². The molecule has 0 fully saturated rings. The molecule has 0 saturated heterocycles. The molecule has 0 N–H and O–H groups in total. The average molecular weight is 130 g/mol. The molecular weight excluding hydrogens is 116 g/mol. The Morgan fingerprint density at radius 3 is 2.12 bits per heavy atom. The molecule has 0 unspecified atom stereocenters. The fraction of sp³-hybridized carbons (Fsp3) is 0.857. The van der Waals surface area contributed by atoms with Crippen molar-refractivity contribution >= 4 is 17.1 Å². The van der Waals surface area contributed by atoms with E-state index >= 15 is 0 Å². The summed E-state index contributed by atoms with van der Waals surface area (Å²) >= 11 is 5.03. The lowest BCUT2D eigenvalue weighted by atomic mass is 10.1. The van der Waals surface area contributed by atoms with Gasteiger partial charge in [-0.3, -0.25) is 0 Å². The third-order valence-corrected chi connectivity index (χ3v) is 1.49. The van der Waals surface area contributed by atoms with Crippen molar-refractivity contribution in [1.29, 1.82) is 0 Å². The largest absolute Gasteiger partial charge is 0.0897 e. The van der Waals surface area contributed by atoms with Crippen molar-refractivity contribution in [2.75, 3.05) is 0 Å². The molecule has 0 amide bonds. The molecule has 0 spiro atoms. The van der Waals surface area contributed by atoms with E-state index in [9.17, 15) is 0 Å². The lowest BCUT2D eigenvalue weighted by Gasteiger charge is -2.01. The molecule has 0 aliphatic carbocycles. The molecule has 0 aliphatic heterocycles. The molecule has 0 rings (SSSR count). The third-order valence-electron chi connectivity index (χ3n) is 1.03. The molecular formula is C7H14S. The Hall–Kier alpha value is 0.0900. The van der Waals surface area contributed by atoms with Crippen LogP contribution in [-0.4, -0.2) is 4.86 Å². The van der Waals surface area contributed by atoms with Gasteiger partial charge in [-0.15, -0.1) is 0 Å². The molecule has 1 heteroatoms. The maximum atomic E-state index is 5.03. The van der Waals surface area contributed by atoms with Crippen LogP contribution in [-0.2, 0) is 0 Å². The summed E-state index contributed by atoms with van der Waals surface area (Å²) in [6.45, 7) is 6.51. The van der Waals surface area contributed by atoms with E-state index in [-0.39, 0.29) is 0 Å². The minimum Gasteiger partial charge on any atom is -0.0897 e. The van der Waals surface area contributed by atoms with Crippen molar-refractivity contribution in [2.24, 2.45) is 5.92 Å². The highest BCUT2D eigenvalue weighted by Gasteiger charge is 1.95. The second-order valence-corrected chi connectivity index (χ2v) is 3.07. The van der Waals surface area contributed by atoms with E-state index < -0.39 is 0 Å². The lowest BCUT2D eigenvalue weighted by molar-refractivity contribution is 0.683. The van der Waals surface area contributed by atoms with Crippen LogP contribution in [0, 0.1) is 5.92 Å². The lowest BCUT2D eigenvalue weighted by Crippen LogP contribution is -1.97. The number of rotatable bonds is 3. The van der Waals surface area contributed by atoms with Crippen LogP contribution < -0.4 is 0 Å². The minimum absolute atomic E-state index is 0.738. The van der Waals surface area contributed by atoms with E-state index in [1.165, 1.54) is 4.86 Å². The summed E-state index contributed by atoms with van der Waals surface area (Å²) in [5.41, 5.74) is 0. The number of hydrogen-bond donors (Lipinski definition) is 0. The molecule has 48 valence electrons. The monoisotopic (exact) mass is 130 g/mol. The Kier molecular flexibility index (Phi) is 4.06. The Bertz CT molecular complexity index is 74.5. The highest BCUT2D eigenvalue weighted by molar-refractivity contribution is 7.80. The van der Waals surface area contributed by atoms with Gasteiger partial charge in [0.2, 0.25) is 0 Å². The van der Waals surface area contributed by atoms with Gasteiger partial charge in [0.05, 0.1) is 0 Å². The van der Waals surface area contributed by atoms with E-state index in [2.05, 4.69) is 20.8 Å². The Balaban J connectivity index is 3.25. The first kappa shape index (κ1) is 8.09. The zero-order chi connectivity index (χ0) is 6.57. The van der Waals surface area contributed by atoms with Crippen LogP contribution in [0.4, 0.5) is 0 Å². The van der Waals surface area contributed by atoms with E-state index in [1.54, 1.807) is 0 Å².